The van der Waals surface area contributed by atoms with Gasteiger partial charge in [-0.25, -0.2) is 5.84 Å². The van der Waals surface area contributed by atoms with Gasteiger partial charge in [-0.05, 0) is 46.5 Å². The number of carbonyl (C=O) groups excluding carboxylic acids is 5. The van der Waals surface area contributed by atoms with Crippen LogP contribution in [0.1, 0.15) is 113 Å². The Balaban J connectivity index is 0. The molecule has 0 bridgehead atoms. The number of Topliss-reactive ketones (excluding diaryl/α,β-unsaturated/α-hetero) is 1. The van der Waals surface area contributed by atoms with E-state index in [1.165, 1.54) is 5.01 Å². The molecule has 0 spiro atoms. The van der Waals surface area contributed by atoms with Crippen molar-refractivity contribution in [1.82, 2.24) is 26.3 Å². The maximum atomic E-state index is 13.0. The summed E-state index contributed by atoms with van der Waals surface area (Å²) in [4.78, 5) is 61.7. The molecule has 1 unspecified atom stereocenters. The molecule has 0 aliphatic rings. The van der Waals surface area contributed by atoms with Crippen LogP contribution in [0.2, 0.25) is 0 Å². The molecule has 0 saturated heterocycles. The minimum atomic E-state index is -0.517. The summed E-state index contributed by atoms with van der Waals surface area (Å²) in [6, 6.07) is -0.517. The van der Waals surface area contributed by atoms with E-state index in [0.29, 0.717) is 216 Å². The van der Waals surface area contributed by atoms with E-state index in [9.17, 15) is 24.0 Å². The van der Waals surface area contributed by atoms with E-state index in [1.807, 2.05) is 48.5 Å². The van der Waals surface area contributed by atoms with E-state index >= 15 is 0 Å². The minimum absolute atomic E-state index is 0.0250. The number of rotatable bonds is 64. The van der Waals surface area contributed by atoms with Crippen LogP contribution in [-0.4, -0.2) is 251 Å². The van der Waals surface area contributed by atoms with Crippen LogP contribution in [0.3, 0.4) is 0 Å². The second kappa shape index (κ2) is 65.3. The fourth-order valence-corrected chi connectivity index (χ4v) is 6.73. The van der Waals surface area contributed by atoms with Crippen LogP contribution in [0.4, 0.5) is 0 Å². The lowest BCUT2D eigenvalue weighted by molar-refractivity contribution is -0.125. The Kier molecular flexibility index (Phi) is 64.0. The second-order valence-electron chi connectivity index (χ2n) is 19.2. The highest BCUT2D eigenvalue weighted by Crippen LogP contribution is 2.06. The molecule has 26 heteroatoms. The number of ether oxygens (including phenoxy) is 14. The molecule has 496 valence electrons. The fraction of sp³-hybridized carbons (Fsp3) is 0.879. The third kappa shape index (κ3) is 64.3. The number of hydrogen-bond acceptors (Lipinski definition) is 22. The highest BCUT2D eigenvalue weighted by atomic mass is 16.6. The van der Waals surface area contributed by atoms with Crippen LogP contribution in [0.5, 0.6) is 0 Å². The van der Waals surface area contributed by atoms with E-state index in [1.54, 1.807) is 6.20 Å². The summed E-state index contributed by atoms with van der Waals surface area (Å²) in [6.07, 6.45) is 6.18. The van der Waals surface area contributed by atoms with Gasteiger partial charge in [-0.3, -0.25) is 24.0 Å². The predicted octanol–water partition coefficient (Wildman–Crippen LogP) is 2.61. The normalized spacial score (nSPS) is 11.9. The van der Waals surface area contributed by atoms with Gasteiger partial charge in [0.25, 0.3) is 0 Å². The first-order valence-electron chi connectivity index (χ1n) is 30.6. The molecule has 0 aromatic rings. The predicted molar refractivity (Wildman–Crippen MR) is 319 cm³/mol. The molecule has 0 aromatic carbocycles. The van der Waals surface area contributed by atoms with Crippen molar-refractivity contribution in [3.05, 3.63) is 11.9 Å². The Hall–Kier alpha value is -3.71. The number of hydrogen-bond donors (Lipinski definition) is 6. The molecule has 0 saturated carbocycles. The lowest BCUT2D eigenvalue weighted by Crippen LogP contribution is -2.42. The van der Waals surface area contributed by atoms with Gasteiger partial charge < -0.3 is 98.3 Å². The first kappa shape index (κ1) is 82.4. The Morgan fingerprint density at radius 3 is 1.20 bits per heavy atom. The average Bonchev–Trinajstić information content (AvgIpc) is 3.47. The second-order valence-corrected chi connectivity index (χ2v) is 19.2. The van der Waals surface area contributed by atoms with Crippen molar-refractivity contribution in [2.24, 2.45) is 17.5 Å². The van der Waals surface area contributed by atoms with Gasteiger partial charge in [0.1, 0.15) is 5.78 Å². The zero-order valence-electron chi connectivity index (χ0n) is 52.7. The van der Waals surface area contributed by atoms with Gasteiger partial charge in [0, 0.05) is 82.7 Å². The molecule has 0 radical (unpaired) electrons. The molecule has 0 aliphatic carbocycles. The summed E-state index contributed by atoms with van der Waals surface area (Å²) in [5, 5.41) is 12.9. The summed E-state index contributed by atoms with van der Waals surface area (Å²) in [7, 11) is 0. The van der Waals surface area contributed by atoms with Gasteiger partial charge in [-0.1, -0.05) is 34.1 Å². The van der Waals surface area contributed by atoms with E-state index < -0.39 is 6.04 Å². The van der Waals surface area contributed by atoms with Crippen LogP contribution in [0.15, 0.2) is 11.9 Å². The van der Waals surface area contributed by atoms with E-state index in [4.69, 9.17) is 77.9 Å². The summed E-state index contributed by atoms with van der Waals surface area (Å²) >= 11 is 0. The molecular formula is C58H115N7O19. The molecule has 1 atom stereocenters. The highest BCUT2D eigenvalue weighted by Gasteiger charge is 2.15. The zero-order chi connectivity index (χ0) is 62.2. The average molecular weight is 1210 g/mol. The molecule has 0 heterocycles. The summed E-state index contributed by atoms with van der Waals surface area (Å²) in [5.41, 5.74) is 6.73. The van der Waals surface area contributed by atoms with Crippen molar-refractivity contribution in [3.8, 4) is 0 Å². The lowest BCUT2D eigenvalue weighted by atomic mass is 10.1. The molecule has 4 amide bonds. The first-order valence-corrected chi connectivity index (χ1v) is 30.6. The summed E-state index contributed by atoms with van der Waals surface area (Å²) in [5.74, 6) is 5.69. The summed E-state index contributed by atoms with van der Waals surface area (Å²) < 4.78 is 76.9. The Labute approximate surface area is 503 Å². The van der Waals surface area contributed by atoms with E-state index in [-0.39, 0.29) is 87.1 Å². The first-order chi connectivity index (χ1) is 40.8. The quantitative estimate of drug-likeness (QED) is 0.0290. The van der Waals surface area contributed by atoms with Gasteiger partial charge in [0.05, 0.1) is 184 Å². The van der Waals surface area contributed by atoms with Crippen LogP contribution < -0.4 is 32.8 Å². The number of nitrogens with one attached hydrogen (secondary N) is 4. The van der Waals surface area contributed by atoms with Crippen LogP contribution in [-0.2, 0) is 90.3 Å². The highest BCUT2D eigenvalue weighted by molar-refractivity contribution is 5.80. The number of ketones is 1. The molecule has 26 nitrogen and oxygen atoms in total. The number of unbranched alkanes of at least 4 members (excludes halogenated alkanes) is 2. The Bertz CT molecular complexity index is 1540. The number of allylic oxidation sites excluding steroid dienone is 1. The van der Waals surface area contributed by atoms with Crippen LogP contribution in [0, 0.1) is 5.92 Å². The molecule has 8 N–H and O–H groups in total. The number of amides is 4. The standard InChI is InChI=1S/C56H109N7O19.C2H6/c1-6-69-27-28-74-37-38-76-35-31-72-25-18-60-54(66)15-22-80-46-51(47-81-23-16-55(67)61-19-26-73-32-36-78-41-42-79-43-44-82-49(4)5)62-56(68)12-8-7-9-20-63(58)45-50(57)11-10-13-53(65)59-17-24-71-30-34-77-40-39-75-33-29-70-21-14-52(64)48(2)3;1-2/h45,48-49,51H,6-44,46-47,57-58H2,1-5H3,(H,59,65)(H,60,66)(H,61,67)(H,62,68);1-2H3/b50-45-;. The van der Waals surface area contributed by atoms with E-state index in [2.05, 4.69) is 21.3 Å². The van der Waals surface area contributed by atoms with Crippen LogP contribution in [0.25, 0.3) is 0 Å². The monoisotopic (exact) mass is 1210 g/mol. The van der Waals surface area contributed by atoms with Crippen molar-refractivity contribution in [2.75, 3.05) is 205 Å². The third-order valence-electron chi connectivity index (χ3n) is 11.2. The fourth-order valence-electron chi connectivity index (χ4n) is 6.73. The van der Waals surface area contributed by atoms with Crippen molar-refractivity contribution < 1.29 is 90.3 Å². The van der Waals surface area contributed by atoms with Crippen molar-refractivity contribution >= 4 is 29.4 Å². The number of carbonyl (C=O) groups is 5. The van der Waals surface area contributed by atoms with Gasteiger partial charge in [-0.2, -0.15) is 0 Å². The maximum absolute atomic E-state index is 13.0. The molecule has 0 aliphatic heterocycles. The smallest absolute Gasteiger partial charge is 0.222 e. The van der Waals surface area contributed by atoms with Crippen molar-refractivity contribution in [2.45, 2.75) is 125 Å². The lowest BCUT2D eigenvalue weighted by Gasteiger charge is -2.19. The maximum Gasteiger partial charge on any atom is 0.222 e. The minimum Gasteiger partial charge on any atom is -0.401 e. The largest absolute Gasteiger partial charge is 0.401 e. The Morgan fingerprint density at radius 2 is 0.786 bits per heavy atom. The number of nitrogens with two attached hydrogens (primary N) is 2. The van der Waals surface area contributed by atoms with Gasteiger partial charge >= 0.3 is 0 Å². The van der Waals surface area contributed by atoms with Crippen LogP contribution >= 0.6 is 0 Å². The molecular weight excluding hydrogens is 1100 g/mol. The SMILES string of the molecule is CC.CCOCCOCCOCCOCCNC(=O)CCOCC(COCCC(=O)NCCOCCOCCOCCOC(C)C)NC(=O)CCCCCN(N)/C=C(\N)CCCC(=O)NCCOCCOCCOCCOCCC(=O)C(C)C. The number of hydrazine groups is 1. The molecule has 84 heavy (non-hydrogen) atoms. The third-order valence-corrected chi connectivity index (χ3v) is 11.2. The Morgan fingerprint density at radius 1 is 0.417 bits per heavy atom. The van der Waals surface area contributed by atoms with Crippen molar-refractivity contribution in [1.29, 1.82) is 0 Å². The summed E-state index contributed by atoms with van der Waals surface area (Å²) in [6.45, 7) is 25.9. The molecule has 0 fully saturated rings. The molecule has 0 rings (SSSR count). The number of nitrogens with zero attached hydrogens (tertiary/aromatic N) is 1. The molecule has 0 aromatic heterocycles. The van der Waals surface area contributed by atoms with Gasteiger partial charge in [0.2, 0.25) is 23.6 Å². The van der Waals surface area contributed by atoms with Gasteiger partial charge in [0.15, 0.2) is 0 Å². The topological polar surface area (TPSA) is 318 Å². The van der Waals surface area contributed by atoms with Crippen molar-refractivity contribution in [3.63, 3.8) is 0 Å². The zero-order valence-corrected chi connectivity index (χ0v) is 52.7. The van der Waals surface area contributed by atoms with Gasteiger partial charge in [-0.15, -0.1) is 0 Å². The van der Waals surface area contributed by atoms with E-state index in [0.717, 1.165) is 12.8 Å².